The Kier molecular flexibility index (Phi) is 80.8. The van der Waals surface area contributed by atoms with E-state index in [4.69, 9.17) is 4.74 Å². The molecule has 0 saturated heterocycles. The Morgan fingerprint density at radius 3 is 0.772 bits per heavy atom. The highest BCUT2D eigenvalue weighted by molar-refractivity contribution is 5.76. The zero-order valence-electron chi connectivity index (χ0n) is 63.1. The number of hydrogen-bond donors (Lipinski definition) is 3. The van der Waals surface area contributed by atoms with Gasteiger partial charge in [-0.1, -0.05) is 450 Å². The van der Waals surface area contributed by atoms with Crippen LogP contribution >= 0.6 is 0 Å². The molecule has 6 nitrogen and oxygen atoms in total. The summed E-state index contributed by atoms with van der Waals surface area (Å²) in [5, 5.41) is 23.5. The van der Waals surface area contributed by atoms with Gasteiger partial charge in [0.25, 0.3) is 0 Å². The van der Waals surface area contributed by atoms with Crippen LogP contribution in [0.4, 0.5) is 0 Å². The van der Waals surface area contributed by atoms with E-state index < -0.39 is 12.1 Å². The molecule has 0 fully saturated rings. The SMILES string of the molecule is CCCCCCCC/C=C\CCCCCCCC(=O)OCCCCCCCCCCCCCCCCCCCCCCCCCCCCCCCCCCCCCCCCCC(=O)NC(CO)C(O)CCCCCCCCCCCCCCCCCCCCCCC. The molecule has 0 aromatic rings. The summed E-state index contributed by atoms with van der Waals surface area (Å²) in [7, 11) is 0. The molecular formula is C86H169NO5. The maximum atomic E-state index is 12.6. The Labute approximate surface area is 578 Å². The van der Waals surface area contributed by atoms with E-state index in [0.29, 0.717) is 25.9 Å². The van der Waals surface area contributed by atoms with Crippen molar-refractivity contribution in [3.05, 3.63) is 12.2 Å². The highest BCUT2D eigenvalue weighted by atomic mass is 16.5. The first-order valence-corrected chi connectivity index (χ1v) is 42.9. The molecule has 1 amide bonds. The number of amides is 1. The number of allylic oxidation sites excluding steroid dienone is 2. The van der Waals surface area contributed by atoms with Gasteiger partial charge in [-0.05, 0) is 51.4 Å². The van der Waals surface area contributed by atoms with Gasteiger partial charge in [0.1, 0.15) is 0 Å². The first kappa shape index (κ1) is 90.6. The van der Waals surface area contributed by atoms with Crippen molar-refractivity contribution < 1.29 is 24.5 Å². The highest BCUT2D eigenvalue weighted by Crippen LogP contribution is 2.21. The molecule has 0 heterocycles. The molecule has 6 heteroatoms. The molecule has 0 saturated carbocycles. The fourth-order valence-corrected chi connectivity index (χ4v) is 14.1. The molecule has 0 aliphatic carbocycles. The molecule has 0 bridgehead atoms. The van der Waals surface area contributed by atoms with Crippen LogP contribution in [0.2, 0.25) is 0 Å². The topological polar surface area (TPSA) is 95.9 Å². The van der Waals surface area contributed by atoms with Crippen LogP contribution in [-0.4, -0.2) is 47.4 Å². The Morgan fingerprint density at radius 1 is 0.293 bits per heavy atom. The lowest BCUT2D eigenvalue weighted by molar-refractivity contribution is -0.143. The van der Waals surface area contributed by atoms with Gasteiger partial charge in [-0.3, -0.25) is 9.59 Å². The van der Waals surface area contributed by atoms with Gasteiger partial charge in [-0.2, -0.15) is 0 Å². The summed E-state index contributed by atoms with van der Waals surface area (Å²) >= 11 is 0. The van der Waals surface area contributed by atoms with Gasteiger partial charge in [0.2, 0.25) is 5.91 Å². The number of aliphatic hydroxyl groups excluding tert-OH is 2. The molecule has 0 spiro atoms. The number of ether oxygens (including phenoxy) is 1. The van der Waals surface area contributed by atoms with E-state index in [1.807, 2.05) is 0 Å². The fourth-order valence-electron chi connectivity index (χ4n) is 14.1. The second kappa shape index (κ2) is 82.0. The first-order valence-electron chi connectivity index (χ1n) is 42.9. The summed E-state index contributed by atoms with van der Waals surface area (Å²) in [4.78, 5) is 24.7. The molecule has 2 unspecified atom stereocenters. The van der Waals surface area contributed by atoms with E-state index in [-0.39, 0.29) is 18.5 Å². The average molecular weight is 1300 g/mol. The van der Waals surface area contributed by atoms with E-state index in [0.717, 1.165) is 44.9 Å². The third-order valence-corrected chi connectivity index (χ3v) is 20.6. The normalized spacial score (nSPS) is 12.4. The van der Waals surface area contributed by atoms with E-state index in [1.165, 1.54) is 424 Å². The van der Waals surface area contributed by atoms with Crippen molar-refractivity contribution in [2.45, 2.75) is 514 Å². The van der Waals surface area contributed by atoms with Crippen LogP contribution in [0.25, 0.3) is 0 Å². The van der Waals surface area contributed by atoms with Crippen LogP contribution in [0.5, 0.6) is 0 Å². The van der Waals surface area contributed by atoms with Crippen molar-refractivity contribution in [3.63, 3.8) is 0 Å². The summed E-state index contributed by atoms with van der Waals surface area (Å²) in [6.45, 7) is 5.01. The van der Waals surface area contributed by atoms with Crippen LogP contribution in [0.15, 0.2) is 12.2 Å². The van der Waals surface area contributed by atoms with Crippen LogP contribution < -0.4 is 5.32 Å². The van der Waals surface area contributed by atoms with E-state index in [2.05, 4.69) is 31.3 Å². The van der Waals surface area contributed by atoms with Gasteiger partial charge in [-0.15, -0.1) is 0 Å². The summed E-state index contributed by atoms with van der Waals surface area (Å²) in [5.74, 6) is -0.00538. The predicted octanol–water partition coefficient (Wildman–Crippen LogP) is 28.6. The monoisotopic (exact) mass is 1300 g/mol. The number of nitrogens with one attached hydrogen (secondary N) is 1. The Morgan fingerprint density at radius 2 is 0.511 bits per heavy atom. The highest BCUT2D eigenvalue weighted by Gasteiger charge is 2.20. The average Bonchev–Trinajstić information content (AvgIpc) is 3.76. The van der Waals surface area contributed by atoms with Gasteiger partial charge in [-0.25, -0.2) is 0 Å². The summed E-state index contributed by atoms with van der Waals surface area (Å²) in [5.41, 5.74) is 0. The van der Waals surface area contributed by atoms with Gasteiger partial charge in [0.15, 0.2) is 0 Å². The minimum Gasteiger partial charge on any atom is -0.466 e. The third kappa shape index (κ3) is 77.6. The summed E-state index contributed by atoms with van der Waals surface area (Å²) < 4.78 is 5.50. The molecule has 2 atom stereocenters. The lowest BCUT2D eigenvalue weighted by atomic mass is 10.0. The van der Waals surface area contributed by atoms with Crippen molar-refractivity contribution in [1.29, 1.82) is 0 Å². The third-order valence-electron chi connectivity index (χ3n) is 20.6. The minimum absolute atomic E-state index is 0.0174. The molecule has 0 radical (unpaired) electrons. The first-order chi connectivity index (χ1) is 45.5. The smallest absolute Gasteiger partial charge is 0.305 e. The maximum Gasteiger partial charge on any atom is 0.305 e. The number of rotatable bonds is 82. The van der Waals surface area contributed by atoms with E-state index in [1.54, 1.807) is 0 Å². The fraction of sp³-hybridized carbons (Fsp3) is 0.953. The van der Waals surface area contributed by atoms with Gasteiger partial charge in [0, 0.05) is 12.8 Å². The minimum atomic E-state index is -0.660. The van der Waals surface area contributed by atoms with Gasteiger partial charge < -0.3 is 20.3 Å². The lowest BCUT2D eigenvalue weighted by Crippen LogP contribution is -2.45. The molecule has 3 N–H and O–H groups in total. The quantitative estimate of drug-likeness (QED) is 0.0320. The van der Waals surface area contributed by atoms with Crippen LogP contribution in [0, 0.1) is 0 Å². The number of carbonyl (C=O) groups is 2. The number of hydrogen-bond acceptors (Lipinski definition) is 5. The Hall–Kier alpha value is -1.40. The molecule has 0 aliphatic rings. The number of carbonyl (C=O) groups excluding carboxylic acids is 2. The molecular weight excluding hydrogens is 1130 g/mol. The molecule has 0 aliphatic heterocycles. The Bertz CT molecular complexity index is 1400. The number of esters is 1. The van der Waals surface area contributed by atoms with Gasteiger partial charge >= 0.3 is 5.97 Å². The molecule has 0 aromatic heterocycles. The maximum absolute atomic E-state index is 12.6. The van der Waals surface area contributed by atoms with Gasteiger partial charge in [0.05, 0.1) is 25.4 Å². The summed E-state index contributed by atoms with van der Waals surface area (Å²) in [6, 6.07) is -0.537. The second-order valence-corrected chi connectivity index (χ2v) is 29.9. The van der Waals surface area contributed by atoms with Crippen LogP contribution in [0.3, 0.4) is 0 Å². The zero-order valence-corrected chi connectivity index (χ0v) is 63.1. The lowest BCUT2D eigenvalue weighted by Gasteiger charge is -2.22. The van der Waals surface area contributed by atoms with Crippen molar-refractivity contribution in [2.24, 2.45) is 0 Å². The van der Waals surface area contributed by atoms with Crippen molar-refractivity contribution in [1.82, 2.24) is 5.32 Å². The zero-order chi connectivity index (χ0) is 66.3. The van der Waals surface area contributed by atoms with E-state index in [9.17, 15) is 19.8 Å². The number of aliphatic hydroxyl groups is 2. The molecule has 92 heavy (non-hydrogen) atoms. The summed E-state index contributed by atoms with van der Waals surface area (Å²) in [6.07, 6.45) is 105. The largest absolute Gasteiger partial charge is 0.466 e. The molecule has 0 aromatic carbocycles. The Balaban J connectivity index is 3.29. The van der Waals surface area contributed by atoms with Crippen LogP contribution in [-0.2, 0) is 14.3 Å². The van der Waals surface area contributed by atoms with E-state index >= 15 is 0 Å². The predicted molar refractivity (Wildman–Crippen MR) is 407 cm³/mol. The van der Waals surface area contributed by atoms with Crippen molar-refractivity contribution in [3.8, 4) is 0 Å². The molecule has 548 valence electrons. The number of unbranched alkanes of at least 4 members (excludes halogenated alkanes) is 69. The molecule has 0 rings (SSSR count). The standard InChI is InChI=1S/C86H169NO5/c1-3-5-7-9-11-13-15-17-19-20-21-41-44-47-51-54-58-62-66-70-74-78-84(89)83(82-88)87-85(90)79-75-71-67-63-59-55-52-48-45-42-39-37-35-33-31-29-27-25-23-22-24-26-28-30-32-34-36-38-40-43-46-49-53-57-61-65-69-73-77-81-92-86(91)80-76-72-68-64-60-56-50-18-16-14-12-10-8-6-4-2/h18,50,83-84,88-89H,3-17,19-49,51-82H2,1-2H3,(H,87,90)/b50-18-. The van der Waals surface area contributed by atoms with Crippen molar-refractivity contribution in [2.75, 3.05) is 13.2 Å². The second-order valence-electron chi connectivity index (χ2n) is 29.9. The van der Waals surface area contributed by atoms with Crippen molar-refractivity contribution >= 4 is 11.9 Å². The van der Waals surface area contributed by atoms with Crippen LogP contribution in [0.1, 0.15) is 502 Å².